The van der Waals surface area contributed by atoms with Crippen molar-refractivity contribution in [3.05, 3.63) is 50.6 Å². The first-order valence-corrected chi connectivity index (χ1v) is 8.56. The van der Waals surface area contributed by atoms with Crippen molar-refractivity contribution < 1.29 is 0 Å². The minimum atomic E-state index is 0.00271. The zero-order chi connectivity index (χ0) is 16.0. The van der Waals surface area contributed by atoms with Crippen LogP contribution >= 0.6 is 11.3 Å². The Balaban J connectivity index is 2.04. The third-order valence-corrected chi connectivity index (χ3v) is 5.57. The van der Waals surface area contributed by atoms with Gasteiger partial charge < -0.3 is 0 Å². The van der Waals surface area contributed by atoms with Gasteiger partial charge in [0.1, 0.15) is 10.7 Å². The number of hydrogen-bond acceptors (Lipinski definition) is 3. The molecule has 2 heterocycles. The Labute approximate surface area is 138 Å². The van der Waals surface area contributed by atoms with Gasteiger partial charge in [0.05, 0.1) is 11.9 Å². The van der Waals surface area contributed by atoms with E-state index in [4.69, 9.17) is 11.4 Å². The van der Waals surface area contributed by atoms with Crippen LogP contribution in [0.25, 0.3) is 21.6 Å². The molecule has 0 unspecified atom stereocenters. The second kappa shape index (κ2) is 5.36. The highest BCUT2D eigenvalue weighted by Gasteiger charge is 2.23. The molecule has 0 amide bonds. The van der Waals surface area contributed by atoms with Gasteiger partial charge in [0.25, 0.3) is 5.56 Å². The predicted octanol–water partition coefficient (Wildman–Crippen LogP) is 3.56. The Morgan fingerprint density at radius 1 is 1.30 bits per heavy atom. The number of hydrogen-bond donors (Lipinski definition) is 0. The summed E-state index contributed by atoms with van der Waals surface area (Å²) < 4.78 is 1.64. The van der Waals surface area contributed by atoms with Crippen LogP contribution in [0, 0.1) is 19.3 Å². The second-order valence-corrected chi connectivity index (χ2v) is 7.02. The first kappa shape index (κ1) is 14.2. The Morgan fingerprint density at radius 3 is 2.83 bits per heavy atom. The zero-order valence-corrected chi connectivity index (χ0v) is 13.7. The molecular weight excluding hydrogens is 304 g/mol. The molecule has 4 rings (SSSR count). The highest BCUT2D eigenvalue weighted by Crippen LogP contribution is 2.35. The third kappa shape index (κ3) is 2.20. The van der Waals surface area contributed by atoms with E-state index in [1.807, 2.05) is 31.2 Å². The van der Waals surface area contributed by atoms with E-state index in [1.165, 1.54) is 16.0 Å². The zero-order valence-electron chi connectivity index (χ0n) is 12.9. The molecule has 1 aromatic carbocycles. The van der Waals surface area contributed by atoms with Crippen LogP contribution in [0.3, 0.4) is 0 Å². The van der Waals surface area contributed by atoms with Crippen LogP contribution in [0.1, 0.15) is 22.4 Å². The van der Waals surface area contributed by atoms with E-state index in [2.05, 4.69) is 5.92 Å². The van der Waals surface area contributed by atoms with E-state index in [9.17, 15) is 4.79 Å². The molecule has 0 bridgehead atoms. The number of thiophene rings is 1. The van der Waals surface area contributed by atoms with Crippen LogP contribution in [0.2, 0.25) is 0 Å². The van der Waals surface area contributed by atoms with Crippen molar-refractivity contribution in [1.29, 1.82) is 0 Å². The van der Waals surface area contributed by atoms with Crippen LogP contribution in [0.5, 0.6) is 0 Å². The molecule has 0 spiro atoms. The Kier molecular flexibility index (Phi) is 3.32. The van der Waals surface area contributed by atoms with Gasteiger partial charge in [-0.1, -0.05) is 35.7 Å². The fraction of sp³-hybridized carbons (Fsp3) is 0.263. The first-order valence-electron chi connectivity index (χ1n) is 7.74. The highest BCUT2D eigenvalue weighted by molar-refractivity contribution is 7.18. The minimum absolute atomic E-state index is 0.00271. The molecule has 1 aliphatic carbocycles. The summed E-state index contributed by atoms with van der Waals surface area (Å²) in [5.41, 5.74) is 3.31. The normalized spacial score (nSPS) is 13.2. The van der Waals surface area contributed by atoms with Gasteiger partial charge in [-0.2, -0.15) is 0 Å². The number of aromatic nitrogens is 2. The summed E-state index contributed by atoms with van der Waals surface area (Å²) in [6, 6.07) is 8.05. The van der Waals surface area contributed by atoms with E-state index in [0.717, 1.165) is 35.0 Å². The van der Waals surface area contributed by atoms with Gasteiger partial charge in [-0.15, -0.1) is 17.8 Å². The smallest absolute Gasteiger partial charge is 0.263 e. The standard InChI is InChI=1S/C19H16N2OS/c1-3-11-21-17(13-9-7-12(2)8-10-13)20-18-16(19(21)22)14-5-4-6-15(14)23-18/h1,7-10H,4-6,11H2,2H3. The summed E-state index contributed by atoms with van der Waals surface area (Å²) in [5.74, 6) is 3.26. The average molecular weight is 320 g/mol. The molecule has 0 atom stereocenters. The fourth-order valence-electron chi connectivity index (χ4n) is 3.24. The minimum Gasteiger partial charge on any atom is -0.280 e. The van der Waals surface area contributed by atoms with E-state index in [-0.39, 0.29) is 12.1 Å². The number of aryl methyl sites for hydroxylation is 3. The summed E-state index contributed by atoms with van der Waals surface area (Å²) in [4.78, 5) is 20.0. The highest BCUT2D eigenvalue weighted by atomic mass is 32.1. The Bertz CT molecular complexity index is 1000. The van der Waals surface area contributed by atoms with Crippen LogP contribution in [0.15, 0.2) is 29.1 Å². The van der Waals surface area contributed by atoms with Gasteiger partial charge in [0.2, 0.25) is 0 Å². The van der Waals surface area contributed by atoms with E-state index in [1.54, 1.807) is 15.9 Å². The van der Waals surface area contributed by atoms with Gasteiger partial charge in [0, 0.05) is 10.4 Å². The summed E-state index contributed by atoms with van der Waals surface area (Å²) in [7, 11) is 0. The van der Waals surface area contributed by atoms with Gasteiger partial charge in [-0.25, -0.2) is 4.98 Å². The number of nitrogens with zero attached hydrogens (tertiary/aromatic N) is 2. The maximum atomic E-state index is 13.0. The lowest BCUT2D eigenvalue weighted by Gasteiger charge is -2.10. The predicted molar refractivity (Wildman–Crippen MR) is 94.9 cm³/mol. The number of terminal acetylenes is 1. The molecule has 23 heavy (non-hydrogen) atoms. The lowest BCUT2D eigenvalue weighted by atomic mass is 10.1. The van der Waals surface area contributed by atoms with E-state index in [0.29, 0.717) is 5.82 Å². The van der Waals surface area contributed by atoms with Gasteiger partial charge in [0.15, 0.2) is 0 Å². The van der Waals surface area contributed by atoms with Crippen molar-refractivity contribution in [3.8, 4) is 23.7 Å². The van der Waals surface area contributed by atoms with Crippen molar-refractivity contribution >= 4 is 21.6 Å². The Hall–Kier alpha value is -2.38. The summed E-state index contributed by atoms with van der Waals surface area (Å²) in [6.45, 7) is 2.29. The molecular formula is C19H16N2OS. The van der Waals surface area contributed by atoms with Gasteiger partial charge in [-0.05, 0) is 31.7 Å². The molecule has 3 nitrogen and oxygen atoms in total. The lowest BCUT2D eigenvalue weighted by molar-refractivity contribution is 0.795. The topological polar surface area (TPSA) is 34.9 Å². The molecule has 0 saturated heterocycles. The van der Waals surface area contributed by atoms with Crippen molar-refractivity contribution in [2.75, 3.05) is 0 Å². The molecule has 0 fully saturated rings. The average Bonchev–Trinajstić information content (AvgIpc) is 3.11. The monoisotopic (exact) mass is 320 g/mol. The number of benzene rings is 1. The summed E-state index contributed by atoms with van der Waals surface area (Å²) >= 11 is 1.66. The fourth-order valence-corrected chi connectivity index (χ4v) is 4.49. The van der Waals surface area contributed by atoms with Crippen LogP contribution < -0.4 is 5.56 Å². The quantitative estimate of drug-likeness (QED) is 0.677. The molecule has 1 aliphatic rings. The van der Waals surface area contributed by atoms with Crippen molar-refractivity contribution in [3.63, 3.8) is 0 Å². The number of fused-ring (bicyclic) bond motifs is 3. The van der Waals surface area contributed by atoms with Crippen LogP contribution in [-0.2, 0) is 19.4 Å². The molecule has 0 saturated carbocycles. The maximum absolute atomic E-state index is 13.0. The van der Waals surface area contributed by atoms with Crippen molar-refractivity contribution in [2.45, 2.75) is 32.7 Å². The summed E-state index contributed by atoms with van der Waals surface area (Å²) in [5, 5.41) is 0.786. The third-order valence-electron chi connectivity index (χ3n) is 4.38. The van der Waals surface area contributed by atoms with E-state index < -0.39 is 0 Å². The number of rotatable bonds is 2. The maximum Gasteiger partial charge on any atom is 0.263 e. The molecule has 0 N–H and O–H groups in total. The molecule has 0 aliphatic heterocycles. The first-order chi connectivity index (χ1) is 11.2. The molecule has 114 valence electrons. The van der Waals surface area contributed by atoms with Crippen LogP contribution in [0.4, 0.5) is 0 Å². The van der Waals surface area contributed by atoms with E-state index >= 15 is 0 Å². The largest absolute Gasteiger partial charge is 0.280 e. The van der Waals surface area contributed by atoms with Gasteiger partial charge in [-0.3, -0.25) is 9.36 Å². The molecule has 0 radical (unpaired) electrons. The lowest BCUT2D eigenvalue weighted by Crippen LogP contribution is -2.23. The van der Waals surface area contributed by atoms with Crippen molar-refractivity contribution in [2.24, 2.45) is 0 Å². The SMILES string of the molecule is C#CCn1c(-c2ccc(C)cc2)nc2sc3c(c2c1=O)CCC3. The summed E-state index contributed by atoms with van der Waals surface area (Å²) in [6.07, 6.45) is 8.67. The van der Waals surface area contributed by atoms with Crippen LogP contribution in [-0.4, -0.2) is 9.55 Å². The molecule has 2 aromatic heterocycles. The second-order valence-electron chi connectivity index (χ2n) is 5.93. The van der Waals surface area contributed by atoms with Crippen molar-refractivity contribution in [1.82, 2.24) is 9.55 Å². The van der Waals surface area contributed by atoms with Gasteiger partial charge >= 0.3 is 0 Å². The Morgan fingerprint density at radius 2 is 2.09 bits per heavy atom. The molecule has 3 aromatic rings. The molecule has 4 heteroatoms.